The Balaban J connectivity index is 1.38. The molecule has 2 N–H and O–H groups in total. The summed E-state index contributed by atoms with van der Waals surface area (Å²) in [5.41, 5.74) is 1.06. The third-order valence-corrected chi connectivity index (χ3v) is 5.43. The molecule has 2 aromatic carbocycles. The Morgan fingerprint density at radius 1 is 1.10 bits per heavy atom. The molecule has 0 spiro atoms. The zero-order chi connectivity index (χ0) is 22.0. The number of carbonyl (C=O) groups excluding carboxylic acids is 2. The average Bonchev–Trinajstić information content (AvgIpc) is 3.58. The minimum atomic E-state index is -0.529. The largest absolute Gasteiger partial charge is 0.349 e. The van der Waals surface area contributed by atoms with Crippen molar-refractivity contribution in [3.8, 4) is 0 Å². The third kappa shape index (κ3) is 4.74. The molecule has 1 aromatic heterocycles. The second-order valence-electron chi connectivity index (χ2n) is 7.87. The summed E-state index contributed by atoms with van der Waals surface area (Å²) in [6, 6.07) is 14.3. The van der Waals surface area contributed by atoms with Crippen molar-refractivity contribution in [1.82, 2.24) is 19.8 Å². The van der Waals surface area contributed by atoms with Gasteiger partial charge in [0.05, 0.1) is 10.9 Å². The molecule has 8 nitrogen and oxygen atoms in total. The summed E-state index contributed by atoms with van der Waals surface area (Å²) in [5, 5.41) is 3.36. The molecule has 1 fully saturated rings. The number of aromatic nitrogens is 2. The molecule has 0 atom stereocenters. The van der Waals surface area contributed by atoms with Crippen LogP contribution < -0.4 is 16.6 Å². The number of hydrogen-bond donors (Lipinski definition) is 2. The number of nitrogens with one attached hydrogen (secondary N) is 2. The highest BCUT2D eigenvalue weighted by Crippen LogP contribution is 2.19. The monoisotopic (exact) mass is 420 g/mol. The highest BCUT2D eigenvalue weighted by atomic mass is 16.2. The van der Waals surface area contributed by atoms with Crippen molar-refractivity contribution < 1.29 is 9.59 Å². The van der Waals surface area contributed by atoms with Crippen LogP contribution in [0.25, 0.3) is 10.9 Å². The molecule has 31 heavy (non-hydrogen) atoms. The van der Waals surface area contributed by atoms with E-state index >= 15 is 0 Å². The van der Waals surface area contributed by atoms with Gasteiger partial charge in [-0.25, -0.2) is 4.79 Å². The molecule has 1 aliphatic carbocycles. The number of rotatable bonds is 7. The van der Waals surface area contributed by atoms with Crippen LogP contribution in [-0.2, 0) is 17.9 Å². The maximum Gasteiger partial charge on any atom is 0.328 e. The highest BCUT2D eigenvalue weighted by molar-refractivity contribution is 5.94. The van der Waals surface area contributed by atoms with Crippen LogP contribution in [0.4, 0.5) is 0 Å². The molecule has 3 aromatic rings. The van der Waals surface area contributed by atoms with E-state index in [0.717, 1.165) is 18.4 Å². The van der Waals surface area contributed by atoms with Gasteiger partial charge in [-0.05, 0) is 42.7 Å². The number of para-hydroxylation sites is 1. The molecule has 160 valence electrons. The van der Waals surface area contributed by atoms with E-state index in [9.17, 15) is 19.2 Å². The number of hydrogen-bond acceptors (Lipinski definition) is 4. The molecule has 0 aliphatic heterocycles. The predicted octanol–water partition coefficient (Wildman–Crippen LogP) is 1.63. The molecular formula is C23H24N4O4. The number of fused-ring (bicyclic) bond motifs is 1. The van der Waals surface area contributed by atoms with Gasteiger partial charge in [0.15, 0.2) is 0 Å². The number of H-pyrrole nitrogens is 1. The first-order chi connectivity index (χ1) is 14.9. The van der Waals surface area contributed by atoms with E-state index in [1.165, 1.54) is 4.57 Å². The van der Waals surface area contributed by atoms with Gasteiger partial charge >= 0.3 is 5.69 Å². The number of aromatic amines is 1. The molecule has 0 saturated heterocycles. The molecule has 1 heterocycles. The Bertz CT molecular complexity index is 1240. The van der Waals surface area contributed by atoms with Crippen molar-refractivity contribution in [3.63, 3.8) is 0 Å². The second kappa shape index (κ2) is 8.59. The van der Waals surface area contributed by atoms with Crippen molar-refractivity contribution >= 4 is 22.7 Å². The van der Waals surface area contributed by atoms with Gasteiger partial charge in [-0.3, -0.25) is 23.9 Å². The van der Waals surface area contributed by atoms with Crippen LogP contribution in [-0.4, -0.2) is 39.4 Å². The van der Waals surface area contributed by atoms with E-state index < -0.39 is 11.2 Å². The number of benzene rings is 2. The summed E-state index contributed by atoms with van der Waals surface area (Å²) in [6.07, 6.45) is 2.20. The zero-order valence-electron chi connectivity index (χ0n) is 17.3. The van der Waals surface area contributed by atoms with Gasteiger partial charge in [0.2, 0.25) is 5.91 Å². The first-order valence-electron chi connectivity index (χ1n) is 10.3. The summed E-state index contributed by atoms with van der Waals surface area (Å²) < 4.78 is 1.41. The number of nitrogens with zero attached hydrogens (tertiary/aromatic N) is 2. The Labute approximate surface area is 178 Å². The van der Waals surface area contributed by atoms with Crippen LogP contribution in [0, 0.1) is 0 Å². The molecule has 1 aliphatic rings. The quantitative estimate of drug-likeness (QED) is 0.606. The van der Waals surface area contributed by atoms with Gasteiger partial charge in [-0.15, -0.1) is 0 Å². The average molecular weight is 420 g/mol. The molecule has 8 heteroatoms. The van der Waals surface area contributed by atoms with E-state index in [1.807, 2.05) is 12.1 Å². The summed E-state index contributed by atoms with van der Waals surface area (Å²) >= 11 is 0. The summed E-state index contributed by atoms with van der Waals surface area (Å²) in [5.74, 6) is -0.199. The minimum absolute atomic E-state index is 0.0722. The molecule has 0 bridgehead atoms. The normalized spacial score (nSPS) is 13.2. The van der Waals surface area contributed by atoms with Gasteiger partial charge in [0.1, 0.15) is 0 Å². The van der Waals surface area contributed by atoms with Crippen LogP contribution in [0.1, 0.15) is 35.2 Å². The van der Waals surface area contributed by atoms with Crippen molar-refractivity contribution in [3.05, 3.63) is 80.5 Å². The summed E-state index contributed by atoms with van der Waals surface area (Å²) in [4.78, 5) is 52.8. The van der Waals surface area contributed by atoms with E-state index in [0.29, 0.717) is 29.1 Å². The Morgan fingerprint density at radius 3 is 2.52 bits per heavy atom. The van der Waals surface area contributed by atoms with Crippen LogP contribution in [0.15, 0.2) is 58.1 Å². The van der Waals surface area contributed by atoms with Crippen molar-refractivity contribution in [2.75, 3.05) is 7.05 Å². The van der Waals surface area contributed by atoms with Gasteiger partial charge in [0.25, 0.3) is 11.5 Å². The molecule has 2 amide bonds. The maximum absolute atomic E-state index is 12.6. The Hall–Kier alpha value is -3.68. The number of amides is 2. The van der Waals surface area contributed by atoms with Gasteiger partial charge in [-0.1, -0.05) is 24.3 Å². The summed E-state index contributed by atoms with van der Waals surface area (Å²) in [7, 11) is 1.70. The number of aryl methyl sites for hydroxylation is 1. The fourth-order valence-corrected chi connectivity index (χ4v) is 3.48. The van der Waals surface area contributed by atoms with E-state index in [2.05, 4.69) is 10.3 Å². The van der Waals surface area contributed by atoms with Crippen LogP contribution in [0.5, 0.6) is 0 Å². The highest BCUT2D eigenvalue weighted by Gasteiger charge is 2.23. The van der Waals surface area contributed by atoms with E-state index in [4.69, 9.17) is 0 Å². The lowest BCUT2D eigenvalue weighted by Crippen LogP contribution is -2.33. The third-order valence-electron chi connectivity index (χ3n) is 5.43. The van der Waals surface area contributed by atoms with Crippen LogP contribution >= 0.6 is 0 Å². The first-order valence-corrected chi connectivity index (χ1v) is 10.3. The van der Waals surface area contributed by atoms with Gasteiger partial charge in [0, 0.05) is 38.2 Å². The smallest absolute Gasteiger partial charge is 0.328 e. The van der Waals surface area contributed by atoms with Crippen molar-refractivity contribution in [2.24, 2.45) is 0 Å². The molecule has 4 rings (SSSR count). The molecular weight excluding hydrogens is 396 g/mol. The van der Waals surface area contributed by atoms with Crippen molar-refractivity contribution in [2.45, 2.75) is 38.4 Å². The zero-order valence-corrected chi connectivity index (χ0v) is 17.3. The fourth-order valence-electron chi connectivity index (χ4n) is 3.48. The molecule has 0 radical (unpaired) electrons. The molecule has 1 saturated carbocycles. The lowest BCUT2D eigenvalue weighted by Gasteiger charge is -2.18. The van der Waals surface area contributed by atoms with Crippen molar-refractivity contribution in [1.29, 1.82) is 0 Å². The number of carbonyl (C=O) groups is 2. The van der Waals surface area contributed by atoms with E-state index in [-0.39, 0.29) is 24.8 Å². The lowest BCUT2D eigenvalue weighted by atomic mass is 10.1. The van der Waals surface area contributed by atoms with E-state index in [1.54, 1.807) is 48.3 Å². The van der Waals surface area contributed by atoms with Crippen LogP contribution in [0.3, 0.4) is 0 Å². The van der Waals surface area contributed by atoms with Gasteiger partial charge < -0.3 is 10.2 Å². The topological polar surface area (TPSA) is 104 Å². The Morgan fingerprint density at radius 2 is 1.81 bits per heavy atom. The predicted molar refractivity (Wildman–Crippen MR) is 117 cm³/mol. The summed E-state index contributed by atoms with van der Waals surface area (Å²) in [6.45, 7) is 0.560. The standard InChI is InChI=1S/C23H24N4O4/c1-26(14-15-6-8-16(9-7-15)21(29)24-17-10-11-17)20(28)12-13-27-19-5-3-2-4-18(19)22(30)25-23(27)31/h2-9,17H,10-14H2,1H3,(H,24,29)(H,25,30,31). The second-order valence-corrected chi connectivity index (χ2v) is 7.87. The minimum Gasteiger partial charge on any atom is -0.349 e. The molecule has 0 unspecified atom stereocenters. The maximum atomic E-state index is 12.6. The van der Waals surface area contributed by atoms with Crippen LogP contribution in [0.2, 0.25) is 0 Å². The fraction of sp³-hybridized carbons (Fsp3) is 0.304. The SMILES string of the molecule is CN(Cc1ccc(C(=O)NC2CC2)cc1)C(=O)CCn1c(=O)[nH]c(=O)c2ccccc21. The van der Waals surface area contributed by atoms with Gasteiger partial charge in [-0.2, -0.15) is 0 Å². The first kappa shape index (κ1) is 20.6. The Kier molecular flexibility index (Phi) is 5.70. The lowest BCUT2D eigenvalue weighted by molar-refractivity contribution is -0.130.